The van der Waals surface area contributed by atoms with E-state index in [2.05, 4.69) is 31.9 Å². The Kier molecular flexibility index (Phi) is 2.73. The lowest BCUT2D eigenvalue weighted by Crippen LogP contribution is -1.89. The number of benzene rings is 1. The SMILES string of the molecule is CC(=O)c1cn(C)c2c(Br)ccc(Br)c12. The van der Waals surface area contributed by atoms with Gasteiger partial charge in [0.15, 0.2) is 5.78 Å². The third-order valence-electron chi connectivity index (χ3n) is 2.40. The maximum Gasteiger partial charge on any atom is 0.161 e. The summed E-state index contributed by atoms with van der Waals surface area (Å²) in [7, 11) is 1.94. The Morgan fingerprint density at radius 3 is 2.47 bits per heavy atom. The normalized spacial score (nSPS) is 10.9. The zero-order valence-electron chi connectivity index (χ0n) is 8.34. The third kappa shape index (κ3) is 1.66. The maximum absolute atomic E-state index is 11.5. The Hall–Kier alpha value is -0.610. The predicted octanol–water partition coefficient (Wildman–Crippen LogP) is 3.91. The minimum absolute atomic E-state index is 0.0828. The minimum Gasteiger partial charge on any atom is -0.349 e. The molecule has 2 rings (SSSR count). The van der Waals surface area contributed by atoms with E-state index in [9.17, 15) is 4.79 Å². The monoisotopic (exact) mass is 329 g/mol. The van der Waals surface area contributed by atoms with Gasteiger partial charge in [0.1, 0.15) is 0 Å². The average molecular weight is 331 g/mol. The molecule has 0 aliphatic rings. The van der Waals surface area contributed by atoms with Crippen LogP contribution in [0.15, 0.2) is 27.3 Å². The molecule has 2 aromatic rings. The number of hydrogen-bond donors (Lipinski definition) is 0. The number of ketones is 1. The highest BCUT2D eigenvalue weighted by Crippen LogP contribution is 2.33. The molecule has 2 nitrogen and oxygen atoms in total. The van der Waals surface area contributed by atoms with E-state index in [1.807, 2.05) is 29.9 Å². The molecule has 0 atom stereocenters. The van der Waals surface area contributed by atoms with E-state index in [1.54, 1.807) is 6.92 Å². The number of fused-ring (bicyclic) bond motifs is 1. The summed E-state index contributed by atoms with van der Waals surface area (Å²) in [5.74, 6) is 0.0828. The molecule has 1 heterocycles. The first kappa shape index (κ1) is 10.9. The molecule has 78 valence electrons. The van der Waals surface area contributed by atoms with Gasteiger partial charge in [-0.2, -0.15) is 0 Å². The van der Waals surface area contributed by atoms with Crippen LogP contribution in [0, 0.1) is 0 Å². The summed E-state index contributed by atoms with van der Waals surface area (Å²) in [5.41, 5.74) is 1.79. The first-order valence-corrected chi connectivity index (χ1v) is 6.05. The van der Waals surface area contributed by atoms with Crippen molar-refractivity contribution in [3.63, 3.8) is 0 Å². The molecule has 0 amide bonds. The van der Waals surface area contributed by atoms with E-state index in [0.29, 0.717) is 0 Å². The lowest BCUT2D eigenvalue weighted by atomic mass is 10.1. The van der Waals surface area contributed by atoms with E-state index >= 15 is 0 Å². The highest BCUT2D eigenvalue weighted by molar-refractivity contribution is 9.11. The number of hydrogen-bond acceptors (Lipinski definition) is 1. The summed E-state index contributed by atoms with van der Waals surface area (Å²) in [4.78, 5) is 11.5. The molecular weight excluding hydrogens is 322 g/mol. The number of rotatable bonds is 1. The van der Waals surface area contributed by atoms with Gasteiger partial charge in [-0.1, -0.05) is 15.9 Å². The van der Waals surface area contributed by atoms with Crippen molar-refractivity contribution in [2.75, 3.05) is 0 Å². The van der Waals surface area contributed by atoms with E-state index in [-0.39, 0.29) is 5.78 Å². The molecule has 1 aromatic carbocycles. The second kappa shape index (κ2) is 3.76. The van der Waals surface area contributed by atoms with Crippen molar-refractivity contribution in [2.45, 2.75) is 6.92 Å². The molecule has 15 heavy (non-hydrogen) atoms. The van der Waals surface area contributed by atoms with Crippen LogP contribution >= 0.6 is 31.9 Å². The van der Waals surface area contributed by atoms with Gasteiger partial charge in [0.2, 0.25) is 0 Å². The Morgan fingerprint density at radius 2 is 1.87 bits per heavy atom. The van der Waals surface area contributed by atoms with E-state index in [4.69, 9.17) is 0 Å². The lowest BCUT2D eigenvalue weighted by Gasteiger charge is -2.01. The van der Waals surface area contributed by atoms with Crippen molar-refractivity contribution >= 4 is 48.5 Å². The topological polar surface area (TPSA) is 22.0 Å². The fraction of sp³-hybridized carbons (Fsp3) is 0.182. The summed E-state index contributed by atoms with van der Waals surface area (Å²) in [6.45, 7) is 1.59. The predicted molar refractivity (Wildman–Crippen MR) is 68.3 cm³/mol. The zero-order chi connectivity index (χ0) is 11.2. The van der Waals surface area contributed by atoms with Gasteiger partial charge >= 0.3 is 0 Å². The third-order valence-corrected chi connectivity index (χ3v) is 3.70. The molecule has 0 unspecified atom stereocenters. The number of aryl methyl sites for hydroxylation is 1. The van der Waals surface area contributed by atoms with Crippen LogP contribution in [0.4, 0.5) is 0 Å². The van der Waals surface area contributed by atoms with Gasteiger partial charge in [0.05, 0.1) is 5.52 Å². The molecule has 4 heteroatoms. The van der Waals surface area contributed by atoms with E-state index in [0.717, 1.165) is 25.4 Å². The van der Waals surface area contributed by atoms with Crippen molar-refractivity contribution in [1.29, 1.82) is 0 Å². The Bertz CT molecular complexity index is 557. The van der Waals surface area contributed by atoms with Crippen LogP contribution in [0.5, 0.6) is 0 Å². The van der Waals surface area contributed by atoms with Crippen LogP contribution in [0.1, 0.15) is 17.3 Å². The largest absolute Gasteiger partial charge is 0.349 e. The van der Waals surface area contributed by atoms with E-state index < -0.39 is 0 Å². The van der Waals surface area contributed by atoms with Gasteiger partial charge < -0.3 is 4.57 Å². The first-order chi connectivity index (χ1) is 7.02. The summed E-state index contributed by atoms with van der Waals surface area (Å²) in [6, 6.07) is 3.91. The molecule has 0 saturated heterocycles. The summed E-state index contributed by atoms with van der Waals surface area (Å²) in [6.07, 6.45) is 1.86. The summed E-state index contributed by atoms with van der Waals surface area (Å²) in [5, 5.41) is 0.972. The Morgan fingerprint density at radius 1 is 1.27 bits per heavy atom. The van der Waals surface area contributed by atoms with Crippen LogP contribution < -0.4 is 0 Å². The molecule has 0 fully saturated rings. The van der Waals surface area contributed by atoms with Crippen molar-refractivity contribution in [1.82, 2.24) is 4.57 Å². The van der Waals surface area contributed by atoms with Crippen LogP contribution in [0.25, 0.3) is 10.9 Å². The van der Waals surface area contributed by atoms with Gasteiger partial charge in [-0.25, -0.2) is 0 Å². The van der Waals surface area contributed by atoms with Gasteiger partial charge in [-0.15, -0.1) is 0 Å². The van der Waals surface area contributed by atoms with Crippen molar-refractivity contribution in [3.8, 4) is 0 Å². The highest BCUT2D eigenvalue weighted by atomic mass is 79.9. The molecular formula is C11H9Br2NO. The van der Waals surface area contributed by atoms with E-state index in [1.165, 1.54) is 0 Å². The minimum atomic E-state index is 0.0828. The quantitative estimate of drug-likeness (QED) is 0.727. The molecule has 0 radical (unpaired) electrons. The summed E-state index contributed by atoms with van der Waals surface area (Å²) < 4.78 is 3.91. The number of Topliss-reactive ketones (excluding diaryl/α,β-unsaturated/α-hetero) is 1. The Balaban J connectivity index is 2.98. The molecule has 0 N–H and O–H groups in total. The first-order valence-electron chi connectivity index (χ1n) is 4.46. The van der Waals surface area contributed by atoms with Crippen molar-refractivity contribution in [2.24, 2.45) is 7.05 Å². The van der Waals surface area contributed by atoms with Crippen molar-refractivity contribution in [3.05, 3.63) is 32.8 Å². The number of aromatic nitrogens is 1. The van der Waals surface area contributed by atoms with Gasteiger partial charge in [-0.3, -0.25) is 4.79 Å². The van der Waals surface area contributed by atoms with Crippen LogP contribution in [-0.2, 0) is 7.05 Å². The smallest absolute Gasteiger partial charge is 0.161 e. The fourth-order valence-electron chi connectivity index (χ4n) is 1.73. The fourth-order valence-corrected chi connectivity index (χ4v) is 2.88. The van der Waals surface area contributed by atoms with Crippen LogP contribution in [-0.4, -0.2) is 10.4 Å². The zero-order valence-corrected chi connectivity index (χ0v) is 11.5. The maximum atomic E-state index is 11.5. The van der Waals surface area contributed by atoms with Gasteiger partial charge in [0, 0.05) is 33.1 Å². The molecule has 0 aliphatic heterocycles. The number of carbonyl (C=O) groups is 1. The Labute approximate surface area is 105 Å². The highest BCUT2D eigenvalue weighted by Gasteiger charge is 2.14. The van der Waals surface area contributed by atoms with Gasteiger partial charge in [-0.05, 0) is 35.0 Å². The van der Waals surface area contributed by atoms with Crippen LogP contribution in [0.3, 0.4) is 0 Å². The molecule has 0 spiro atoms. The molecule has 0 saturated carbocycles. The van der Waals surface area contributed by atoms with Crippen molar-refractivity contribution < 1.29 is 4.79 Å². The standard InChI is InChI=1S/C11H9Br2NO/c1-6(15)7-5-14(2)11-9(13)4-3-8(12)10(7)11/h3-5H,1-2H3. The molecule has 0 bridgehead atoms. The molecule has 1 aromatic heterocycles. The second-order valence-electron chi connectivity index (χ2n) is 3.46. The lowest BCUT2D eigenvalue weighted by molar-refractivity contribution is 0.101. The van der Waals surface area contributed by atoms with Crippen LogP contribution in [0.2, 0.25) is 0 Å². The summed E-state index contributed by atoms with van der Waals surface area (Å²) >= 11 is 6.97. The second-order valence-corrected chi connectivity index (χ2v) is 5.17. The van der Waals surface area contributed by atoms with Gasteiger partial charge in [0.25, 0.3) is 0 Å². The molecule has 0 aliphatic carbocycles. The number of nitrogens with zero attached hydrogens (tertiary/aromatic N) is 1. The number of halogens is 2. The average Bonchev–Trinajstić information content (AvgIpc) is 2.51. The number of carbonyl (C=O) groups excluding carboxylic acids is 1.